The lowest BCUT2D eigenvalue weighted by molar-refractivity contribution is 0.0432. The number of fused-ring (bicyclic) bond motifs is 3. The standard InChI is InChI=1S/C17H19NO/c1-3-8-17(19-2)18-15-11-6-4-9-13(15)14-10-5-7-12-16(14)18/h4-7,9-12,17H,3,8H2,1-2H3/t17-/m1/s1. The minimum atomic E-state index is 0.106. The van der Waals surface area contributed by atoms with Crippen LogP contribution in [-0.4, -0.2) is 11.7 Å². The van der Waals surface area contributed by atoms with E-state index in [2.05, 4.69) is 60.0 Å². The van der Waals surface area contributed by atoms with Crippen LogP contribution in [0.1, 0.15) is 26.0 Å². The minimum Gasteiger partial charge on any atom is -0.361 e. The van der Waals surface area contributed by atoms with Gasteiger partial charge in [-0.15, -0.1) is 0 Å². The van der Waals surface area contributed by atoms with E-state index in [1.54, 1.807) is 7.11 Å². The van der Waals surface area contributed by atoms with E-state index in [1.165, 1.54) is 21.8 Å². The van der Waals surface area contributed by atoms with E-state index >= 15 is 0 Å². The molecular formula is C17H19NO. The Balaban J connectivity index is 2.35. The topological polar surface area (TPSA) is 14.2 Å². The molecule has 2 heteroatoms. The van der Waals surface area contributed by atoms with Crippen molar-refractivity contribution in [1.82, 2.24) is 4.57 Å². The first-order chi connectivity index (χ1) is 9.36. The van der Waals surface area contributed by atoms with Gasteiger partial charge < -0.3 is 9.30 Å². The summed E-state index contributed by atoms with van der Waals surface area (Å²) in [5, 5.41) is 2.60. The average Bonchev–Trinajstić information content (AvgIpc) is 2.80. The van der Waals surface area contributed by atoms with Crippen LogP contribution in [0.5, 0.6) is 0 Å². The van der Waals surface area contributed by atoms with Crippen LogP contribution >= 0.6 is 0 Å². The summed E-state index contributed by atoms with van der Waals surface area (Å²) in [6, 6.07) is 17.1. The molecule has 1 heterocycles. The highest BCUT2D eigenvalue weighted by atomic mass is 16.5. The summed E-state index contributed by atoms with van der Waals surface area (Å²) >= 11 is 0. The largest absolute Gasteiger partial charge is 0.361 e. The number of benzene rings is 2. The van der Waals surface area contributed by atoms with Gasteiger partial charge in [-0.3, -0.25) is 0 Å². The molecule has 3 rings (SSSR count). The van der Waals surface area contributed by atoms with Crippen molar-refractivity contribution in [1.29, 1.82) is 0 Å². The van der Waals surface area contributed by atoms with Gasteiger partial charge >= 0.3 is 0 Å². The summed E-state index contributed by atoms with van der Waals surface area (Å²) in [7, 11) is 1.80. The van der Waals surface area contributed by atoms with Crippen molar-refractivity contribution in [3.8, 4) is 0 Å². The molecule has 19 heavy (non-hydrogen) atoms. The second-order valence-electron chi connectivity index (χ2n) is 4.88. The predicted molar refractivity (Wildman–Crippen MR) is 80.4 cm³/mol. The third-order valence-electron chi connectivity index (χ3n) is 3.71. The van der Waals surface area contributed by atoms with E-state index in [-0.39, 0.29) is 6.23 Å². The van der Waals surface area contributed by atoms with Crippen molar-refractivity contribution in [2.45, 2.75) is 26.0 Å². The predicted octanol–water partition coefficient (Wildman–Crippen LogP) is 4.74. The van der Waals surface area contributed by atoms with Gasteiger partial charge in [0, 0.05) is 17.9 Å². The van der Waals surface area contributed by atoms with Crippen LogP contribution < -0.4 is 0 Å². The molecule has 1 atom stereocenters. The third-order valence-corrected chi connectivity index (χ3v) is 3.71. The molecule has 0 saturated carbocycles. The summed E-state index contributed by atoms with van der Waals surface area (Å²) in [4.78, 5) is 0. The fourth-order valence-corrected chi connectivity index (χ4v) is 2.86. The quantitative estimate of drug-likeness (QED) is 0.655. The highest BCUT2D eigenvalue weighted by Crippen LogP contribution is 2.33. The van der Waals surface area contributed by atoms with Crippen molar-refractivity contribution in [3.63, 3.8) is 0 Å². The van der Waals surface area contributed by atoms with Crippen LogP contribution in [0, 0.1) is 0 Å². The summed E-state index contributed by atoms with van der Waals surface area (Å²) in [6.07, 6.45) is 2.24. The molecule has 3 aromatic rings. The van der Waals surface area contributed by atoms with E-state index in [9.17, 15) is 0 Å². The number of nitrogens with zero attached hydrogens (tertiary/aromatic N) is 1. The molecule has 0 aliphatic carbocycles. The van der Waals surface area contributed by atoms with Crippen molar-refractivity contribution >= 4 is 21.8 Å². The molecule has 0 aliphatic heterocycles. The molecule has 2 nitrogen and oxygen atoms in total. The van der Waals surface area contributed by atoms with Gasteiger partial charge in [0.2, 0.25) is 0 Å². The normalized spacial score (nSPS) is 13.2. The first-order valence-corrected chi connectivity index (χ1v) is 6.87. The Morgan fingerprint density at radius 2 is 1.47 bits per heavy atom. The van der Waals surface area contributed by atoms with E-state index < -0.39 is 0 Å². The van der Waals surface area contributed by atoms with Crippen LogP contribution in [-0.2, 0) is 4.74 Å². The number of methoxy groups -OCH3 is 1. The first-order valence-electron chi connectivity index (χ1n) is 6.87. The molecule has 1 aromatic heterocycles. The van der Waals surface area contributed by atoms with E-state index in [0.29, 0.717) is 0 Å². The van der Waals surface area contributed by atoms with Crippen LogP contribution in [0.4, 0.5) is 0 Å². The highest BCUT2D eigenvalue weighted by molar-refractivity contribution is 6.08. The molecule has 2 aromatic carbocycles. The second-order valence-corrected chi connectivity index (χ2v) is 4.88. The number of ether oxygens (including phenoxy) is 1. The zero-order valence-electron chi connectivity index (χ0n) is 11.5. The maximum absolute atomic E-state index is 5.71. The molecule has 0 N–H and O–H groups in total. The van der Waals surface area contributed by atoms with Crippen LogP contribution in [0.2, 0.25) is 0 Å². The lowest BCUT2D eigenvalue weighted by Crippen LogP contribution is -2.10. The molecule has 0 spiro atoms. The average molecular weight is 253 g/mol. The van der Waals surface area contributed by atoms with Gasteiger partial charge in [-0.05, 0) is 18.6 Å². The van der Waals surface area contributed by atoms with Gasteiger partial charge in [0.05, 0.1) is 11.0 Å². The lowest BCUT2D eigenvalue weighted by Gasteiger charge is -2.19. The SMILES string of the molecule is CCC[C@@H](OC)n1c2ccccc2c2ccccc21. The van der Waals surface area contributed by atoms with E-state index in [1.807, 2.05) is 0 Å². The van der Waals surface area contributed by atoms with Gasteiger partial charge in [-0.1, -0.05) is 49.7 Å². The number of para-hydroxylation sites is 2. The molecule has 0 radical (unpaired) electrons. The Kier molecular flexibility index (Phi) is 3.26. The molecule has 0 saturated heterocycles. The van der Waals surface area contributed by atoms with Gasteiger partial charge in [0.25, 0.3) is 0 Å². The van der Waals surface area contributed by atoms with Gasteiger partial charge in [-0.2, -0.15) is 0 Å². The lowest BCUT2D eigenvalue weighted by atomic mass is 10.2. The number of aromatic nitrogens is 1. The summed E-state index contributed by atoms with van der Waals surface area (Å²) < 4.78 is 8.04. The van der Waals surface area contributed by atoms with Crippen molar-refractivity contribution < 1.29 is 4.74 Å². The molecule has 98 valence electrons. The Bertz CT molecular complexity index is 645. The second kappa shape index (κ2) is 5.06. The van der Waals surface area contributed by atoms with E-state index in [0.717, 1.165) is 12.8 Å². The van der Waals surface area contributed by atoms with Crippen molar-refractivity contribution in [3.05, 3.63) is 48.5 Å². The maximum Gasteiger partial charge on any atom is 0.134 e. The molecule has 0 bridgehead atoms. The molecule has 0 fully saturated rings. The van der Waals surface area contributed by atoms with Crippen molar-refractivity contribution in [2.75, 3.05) is 7.11 Å². The van der Waals surface area contributed by atoms with Gasteiger partial charge in [-0.25, -0.2) is 0 Å². The molecule has 0 unspecified atom stereocenters. The van der Waals surface area contributed by atoms with Gasteiger partial charge in [0.1, 0.15) is 6.23 Å². The zero-order valence-corrected chi connectivity index (χ0v) is 11.5. The molecule has 0 aliphatic rings. The van der Waals surface area contributed by atoms with Crippen LogP contribution in [0.15, 0.2) is 48.5 Å². The Labute approximate surface area is 113 Å². The van der Waals surface area contributed by atoms with Crippen molar-refractivity contribution in [2.24, 2.45) is 0 Å². The summed E-state index contributed by atoms with van der Waals surface area (Å²) in [6.45, 7) is 2.19. The Morgan fingerprint density at radius 3 is 1.95 bits per heavy atom. The molecule has 0 amide bonds. The summed E-state index contributed by atoms with van der Waals surface area (Å²) in [5.41, 5.74) is 2.51. The number of rotatable bonds is 4. The minimum absolute atomic E-state index is 0.106. The first kappa shape index (κ1) is 12.2. The highest BCUT2D eigenvalue weighted by Gasteiger charge is 2.16. The maximum atomic E-state index is 5.71. The smallest absolute Gasteiger partial charge is 0.134 e. The third kappa shape index (κ3) is 1.92. The molecular weight excluding hydrogens is 234 g/mol. The number of hydrogen-bond acceptors (Lipinski definition) is 1. The fraction of sp³-hybridized carbons (Fsp3) is 0.294. The summed E-state index contributed by atoms with van der Waals surface area (Å²) in [5.74, 6) is 0. The van der Waals surface area contributed by atoms with Crippen LogP contribution in [0.25, 0.3) is 21.8 Å². The zero-order chi connectivity index (χ0) is 13.2. The number of hydrogen-bond donors (Lipinski definition) is 0. The monoisotopic (exact) mass is 253 g/mol. The van der Waals surface area contributed by atoms with E-state index in [4.69, 9.17) is 4.74 Å². The van der Waals surface area contributed by atoms with Gasteiger partial charge in [0.15, 0.2) is 0 Å². The van der Waals surface area contributed by atoms with Crippen LogP contribution in [0.3, 0.4) is 0 Å². The fourth-order valence-electron chi connectivity index (χ4n) is 2.86. The Hall–Kier alpha value is -1.80. The Morgan fingerprint density at radius 1 is 0.947 bits per heavy atom.